The molecule has 0 bridgehead atoms. The number of amides is 1. The zero-order valence-electron chi connectivity index (χ0n) is 11.2. The maximum absolute atomic E-state index is 13.5. The SMILES string of the molecule is CCc1ncoc1C(=O)NCc1cc(F)c(Br)cc1C. The lowest BCUT2D eigenvalue weighted by Gasteiger charge is -2.08. The summed E-state index contributed by atoms with van der Waals surface area (Å²) in [5, 5.41) is 2.71. The summed E-state index contributed by atoms with van der Waals surface area (Å²) >= 11 is 3.12. The molecule has 2 aromatic rings. The first-order valence-corrected chi connectivity index (χ1v) is 6.97. The number of hydrogen-bond acceptors (Lipinski definition) is 3. The van der Waals surface area contributed by atoms with E-state index in [0.29, 0.717) is 16.6 Å². The van der Waals surface area contributed by atoms with Crippen LogP contribution in [0, 0.1) is 12.7 Å². The van der Waals surface area contributed by atoms with Gasteiger partial charge in [-0.2, -0.15) is 0 Å². The van der Waals surface area contributed by atoms with Gasteiger partial charge in [-0.25, -0.2) is 9.37 Å². The first kappa shape index (κ1) is 14.7. The Labute approximate surface area is 124 Å². The van der Waals surface area contributed by atoms with Crippen molar-refractivity contribution in [2.75, 3.05) is 0 Å². The highest BCUT2D eigenvalue weighted by Gasteiger charge is 2.15. The molecule has 0 unspecified atom stereocenters. The van der Waals surface area contributed by atoms with Crippen LogP contribution in [-0.2, 0) is 13.0 Å². The van der Waals surface area contributed by atoms with Crippen LogP contribution in [0.1, 0.15) is 34.3 Å². The quantitative estimate of drug-likeness (QED) is 0.928. The minimum absolute atomic E-state index is 0.211. The summed E-state index contributed by atoms with van der Waals surface area (Å²) in [4.78, 5) is 15.9. The van der Waals surface area contributed by atoms with Crippen molar-refractivity contribution in [3.8, 4) is 0 Å². The van der Waals surface area contributed by atoms with Gasteiger partial charge in [0.15, 0.2) is 6.39 Å². The summed E-state index contributed by atoms with van der Waals surface area (Å²) in [7, 11) is 0. The monoisotopic (exact) mass is 340 g/mol. The predicted octanol–water partition coefficient (Wildman–Crippen LogP) is 3.38. The molecule has 0 aliphatic rings. The fourth-order valence-corrected chi connectivity index (χ4v) is 2.30. The highest BCUT2D eigenvalue weighted by atomic mass is 79.9. The lowest BCUT2D eigenvalue weighted by Crippen LogP contribution is -2.24. The molecular weight excluding hydrogens is 327 g/mol. The number of aromatic nitrogens is 1. The molecule has 0 fully saturated rings. The average Bonchev–Trinajstić information content (AvgIpc) is 2.89. The van der Waals surface area contributed by atoms with E-state index in [0.717, 1.165) is 11.1 Å². The number of carbonyl (C=O) groups is 1. The van der Waals surface area contributed by atoms with E-state index in [-0.39, 0.29) is 24.0 Å². The lowest BCUT2D eigenvalue weighted by molar-refractivity contribution is 0.0922. The maximum atomic E-state index is 13.5. The fraction of sp³-hybridized carbons (Fsp3) is 0.286. The van der Waals surface area contributed by atoms with Gasteiger partial charge in [-0.3, -0.25) is 4.79 Å². The Morgan fingerprint density at radius 1 is 1.50 bits per heavy atom. The van der Waals surface area contributed by atoms with Crippen molar-refractivity contribution in [1.82, 2.24) is 10.3 Å². The van der Waals surface area contributed by atoms with E-state index in [2.05, 4.69) is 26.2 Å². The highest BCUT2D eigenvalue weighted by molar-refractivity contribution is 9.10. The van der Waals surface area contributed by atoms with Crippen molar-refractivity contribution in [3.05, 3.63) is 51.4 Å². The van der Waals surface area contributed by atoms with E-state index >= 15 is 0 Å². The summed E-state index contributed by atoms with van der Waals surface area (Å²) in [5.74, 6) is -0.487. The Hall–Kier alpha value is -1.69. The predicted molar refractivity (Wildman–Crippen MR) is 75.9 cm³/mol. The number of aryl methyl sites for hydroxylation is 2. The van der Waals surface area contributed by atoms with Gasteiger partial charge in [0.05, 0.1) is 10.2 Å². The van der Waals surface area contributed by atoms with Crippen LogP contribution in [-0.4, -0.2) is 10.9 Å². The number of nitrogens with one attached hydrogen (secondary N) is 1. The van der Waals surface area contributed by atoms with Crippen LogP contribution in [0.15, 0.2) is 27.4 Å². The molecule has 106 valence electrons. The third kappa shape index (κ3) is 3.07. The van der Waals surface area contributed by atoms with Crippen LogP contribution >= 0.6 is 15.9 Å². The Bertz CT molecular complexity index is 640. The molecule has 1 aromatic carbocycles. The van der Waals surface area contributed by atoms with Crippen molar-refractivity contribution in [3.63, 3.8) is 0 Å². The van der Waals surface area contributed by atoms with Crippen LogP contribution in [0.2, 0.25) is 0 Å². The smallest absolute Gasteiger partial charge is 0.289 e. The van der Waals surface area contributed by atoms with Crippen molar-refractivity contribution in [2.24, 2.45) is 0 Å². The molecule has 2 rings (SSSR count). The Balaban J connectivity index is 2.09. The molecule has 6 heteroatoms. The van der Waals surface area contributed by atoms with Gasteiger partial charge in [0.1, 0.15) is 5.82 Å². The second-order valence-electron chi connectivity index (χ2n) is 4.36. The van der Waals surface area contributed by atoms with E-state index in [9.17, 15) is 9.18 Å². The van der Waals surface area contributed by atoms with Crippen LogP contribution in [0.4, 0.5) is 4.39 Å². The van der Waals surface area contributed by atoms with Crippen LogP contribution in [0.3, 0.4) is 0 Å². The number of nitrogens with zero attached hydrogens (tertiary/aromatic N) is 1. The topological polar surface area (TPSA) is 55.1 Å². The van der Waals surface area contributed by atoms with Gasteiger partial charge in [0.25, 0.3) is 5.91 Å². The third-order valence-electron chi connectivity index (χ3n) is 3.00. The van der Waals surface area contributed by atoms with Gasteiger partial charge >= 0.3 is 0 Å². The molecule has 1 amide bonds. The van der Waals surface area contributed by atoms with Gasteiger partial charge in [-0.15, -0.1) is 0 Å². The molecule has 0 saturated heterocycles. The van der Waals surface area contributed by atoms with Crippen LogP contribution in [0.5, 0.6) is 0 Å². The highest BCUT2D eigenvalue weighted by Crippen LogP contribution is 2.20. The molecular formula is C14H14BrFN2O2. The summed E-state index contributed by atoms with van der Waals surface area (Å²) in [6.07, 6.45) is 1.86. The number of carbonyl (C=O) groups excluding carboxylic acids is 1. The second kappa shape index (κ2) is 6.17. The molecule has 1 aromatic heterocycles. The molecule has 1 heterocycles. The minimum atomic E-state index is -0.353. The first-order chi connectivity index (χ1) is 9.52. The van der Waals surface area contributed by atoms with E-state index in [4.69, 9.17) is 4.42 Å². The Morgan fingerprint density at radius 2 is 2.25 bits per heavy atom. The maximum Gasteiger partial charge on any atom is 0.289 e. The molecule has 0 aliphatic heterocycles. The zero-order valence-corrected chi connectivity index (χ0v) is 12.8. The molecule has 0 atom stereocenters. The average molecular weight is 341 g/mol. The van der Waals surface area contributed by atoms with Crippen LogP contribution in [0.25, 0.3) is 0 Å². The number of benzene rings is 1. The Kier molecular flexibility index (Phi) is 4.54. The summed E-state index contributed by atoms with van der Waals surface area (Å²) < 4.78 is 19.0. The van der Waals surface area contributed by atoms with E-state index in [1.165, 1.54) is 12.5 Å². The molecule has 20 heavy (non-hydrogen) atoms. The number of oxazole rings is 1. The molecule has 0 spiro atoms. The van der Waals surface area contributed by atoms with Gasteiger partial charge in [-0.05, 0) is 52.5 Å². The first-order valence-electron chi connectivity index (χ1n) is 6.18. The summed E-state index contributed by atoms with van der Waals surface area (Å²) in [6.45, 7) is 3.99. The summed E-state index contributed by atoms with van der Waals surface area (Å²) in [6, 6.07) is 3.09. The molecule has 0 radical (unpaired) electrons. The van der Waals surface area contributed by atoms with Crippen molar-refractivity contribution in [2.45, 2.75) is 26.8 Å². The molecule has 0 aliphatic carbocycles. The van der Waals surface area contributed by atoms with E-state index in [1.807, 2.05) is 13.8 Å². The van der Waals surface area contributed by atoms with Gasteiger partial charge in [0.2, 0.25) is 5.76 Å². The van der Waals surface area contributed by atoms with Crippen molar-refractivity contribution >= 4 is 21.8 Å². The van der Waals surface area contributed by atoms with Gasteiger partial charge in [-0.1, -0.05) is 6.92 Å². The van der Waals surface area contributed by atoms with Crippen molar-refractivity contribution < 1.29 is 13.6 Å². The molecule has 0 saturated carbocycles. The van der Waals surface area contributed by atoms with Gasteiger partial charge < -0.3 is 9.73 Å². The van der Waals surface area contributed by atoms with E-state index < -0.39 is 0 Å². The number of halogens is 2. The lowest BCUT2D eigenvalue weighted by atomic mass is 10.1. The standard InChI is InChI=1S/C14H14BrFN2O2/c1-3-12-13(20-7-18-12)14(19)17-6-9-5-11(16)10(15)4-8(9)2/h4-5,7H,3,6H2,1-2H3,(H,17,19). The third-order valence-corrected chi connectivity index (χ3v) is 3.61. The van der Waals surface area contributed by atoms with E-state index in [1.54, 1.807) is 6.07 Å². The zero-order chi connectivity index (χ0) is 14.7. The largest absolute Gasteiger partial charge is 0.438 e. The van der Waals surface area contributed by atoms with Crippen molar-refractivity contribution in [1.29, 1.82) is 0 Å². The van der Waals surface area contributed by atoms with Gasteiger partial charge in [0, 0.05) is 6.54 Å². The second-order valence-corrected chi connectivity index (χ2v) is 5.21. The number of rotatable bonds is 4. The Morgan fingerprint density at radius 3 is 2.95 bits per heavy atom. The normalized spacial score (nSPS) is 10.6. The minimum Gasteiger partial charge on any atom is -0.438 e. The summed E-state index contributed by atoms with van der Waals surface area (Å²) in [5.41, 5.74) is 2.23. The fourth-order valence-electron chi connectivity index (χ4n) is 1.84. The number of hydrogen-bond donors (Lipinski definition) is 1. The van der Waals surface area contributed by atoms with Crippen LogP contribution < -0.4 is 5.32 Å². The molecule has 1 N–H and O–H groups in total. The molecule has 4 nitrogen and oxygen atoms in total.